The smallest absolute Gasteiger partial charge is 0.0541 e. The number of rotatable bonds is 3. The van der Waals surface area contributed by atoms with Crippen LogP contribution in [-0.2, 0) is 6.54 Å². The number of hydrogen-bond acceptors (Lipinski definition) is 3. The molecule has 1 aliphatic carbocycles. The number of hydrogen-bond donors (Lipinski definition) is 2. The van der Waals surface area contributed by atoms with Crippen LogP contribution in [0.2, 0.25) is 0 Å². The molecule has 0 aliphatic heterocycles. The van der Waals surface area contributed by atoms with Crippen molar-refractivity contribution >= 4 is 27.3 Å². The lowest BCUT2D eigenvalue weighted by molar-refractivity contribution is 0.116. The maximum absolute atomic E-state index is 9.39. The molecule has 2 rings (SSSR count). The second-order valence-corrected chi connectivity index (χ2v) is 5.93. The van der Waals surface area contributed by atoms with Crippen molar-refractivity contribution in [1.29, 1.82) is 0 Å². The summed E-state index contributed by atoms with van der Waals surface area (Å²) >= 11 is 5.31. The first kappa shape index (κ1) is 11.6. The monoisotopic (exact) mass is 289 g/mol. The summed E-state index contributed by atoms with van der Waals surface area (Å²) in [7, 11) is 0. The maximum atomic E-state index is 9.39. The van der Waals surface area contributed by atoms with E-state index in [-0.39, 0.29) is 6.10 Å². The molecule has 1 aliphatic rings. The van der Waals surface area contributed by atoms with E-state index in [0.717, 1.165) is 32.2 Å². The Kier molecular flexibility index (Phi) is 4.20. The van der Waals surface area contributed by atoms with E-state index in [1.54, 1.807) is 11.3 Å². The Morgan fingerprint density at radius 2 is 2.13 bits per heavy atom. The predicted octanol–water partition coefficient (Wildman–Crippen LogP) is 2.90. The minimum absolute atomic E-state index is 0.0588. The SMILES string of the molecule is OC1CCC(NCc2sccc2Br)CC1. The third kappa shape index (κ3) is 3.28. The average Bonchev–Trinajstić information content (AvgIpc) is 2.63. The van der Waals surface area contributed by atoms with Gasteiger partial charge in [0.15, 0.2) is 0 Å². The van der Waals surface area contributed by atoms with E-state index in [9.17, 15) is 5.11 Å². The van der Waals surface area contributed by atoms with Crippen LogP contribution < -0.4 is 5.32 Å². The molecule has 1 fully saturated rings. The van der Waals surface area contributed by atoms with Crippen LogP contribution in [0.1, 0.15) is 30.6 Å². The normalized spacial score (nSPS) is 26.8. The van der Waals surface area contributed by atoms with E-state index in [0.29, 0.717) is 6.04 Å². The summed E-state index contributed by atoms with van der Waals surface area (Å²) in [6.45, 7) is 0.943. The van der Waals surface area contributed by atoms with Crippen molar-refractivity contribution in [2.24, 2.45) is 0 Å². The molecule has 0 radical (unpaired) electrons. The maximum Gasteiger partial charge on any atom is 0.0541 e. The summed E-state index contributed by atoms with van der Waals surface area (Å²) in [4.78, 5) is 1.36. The summed E-state index contributed by atoms with van der Waals surface area (Å²) in [5.74, 6) is 0. The first-order valence-electron chi connectivity index (χ1n) is 5.39. The predicted molar refractivity (Wildman–Crippen MR) is 67.1 cm³/mol. The largest absolute Gasteiger partial charge is 0.393 e. The lowest BCUT2D eigenvalue weighted by Gasteiger charge is -2.26. The van der Waals surface area contributed by atoms with Gasteiger partial charge in [0.1, 0.15) is 0 Å². The van der Waals surface area contributed by atoms with Gasteiger partial charge in [-0.3, -0.25) is 0 Å². The van der Waals surface area contributed by atoms with Gasteiger partial charge < -0.3 is 10.4 Å². The Hall–Kier alpha value is 0.100. The van der Waals surface area contributed by atoms with Crippen LogP contribution >= 0.6 is 27.3 Å². The van der Waals surface area contributed by atoms with E-state index in [1.165, 1.54) is 9.35 Å². The highest BCUT2D eigenvalue weighted by atomic mass is 79.9. The molecule has 84 valence electrons. The summed E-state index contributed by atoms with van der Waals surface area (Å²) < 4.78 is 1.20. The zero-order valence-electron chi connectivity index (χ0n) is 8.58. The van der Waals surface area contributed by atoms with E-state index >= 15 is 0 Å². The highest BCUT2D eigenvalue weighted by Crippen LogP contribution is 2.24. The lowest BCUT2D eigenvalue weighted by Crippen LogP contribution is -2.33. The third-order valence-corrected chi connectivity index (χ3v) is 4.87. The molecule has 0 spiro atoms. The molecule has 4 heteroatoms. The standard InChI is InChI=1S/C11H16BrNOS/c12-10-5-6-15-11(10)7-13-8-1-3-9(14)4-2-8/h5-6,8-9,13-14H,1-4,7H2. The van der Waals surface area contributed by atoms with Crippen molar-refractivity contribution < 1.29 is 5.11 Å². The van der Waals surface area contributed by atoms with Crippen LogP contribution in [0, 0.1) is 0 Å². The zero-order chi connectivity index (χ0) is 10.7. The molecule has 0 amide bonds. The van der Waals surface area contributed by atoms with Gasteiger partial charge in [0.25, 0.3) is 0 Å². The van der Waals surface area contributed by atoms with Gasteiger partial charge in [0, 0.05) is 21.9 Å². The minimum Gasteiger partial charge on any atom is -0.393 e. The van der Waals surface area contributed by atoms with Gasteiger partial charge in [-0.25, -0.2) is 0 Å². The van der Waals surface area contributed by atoms with Crippen LogP contribution in [0.4, 0.5) is 0 Å². The fourth-order valence-electron chi connectivity index (χ4n) is 1.97. The molecule has 1 aromatic rings. The Labute approximate surface area is 103 Å². The molecule has 2 nitrogen and oxygen atoms in total. The van der Waals surface area contributed by atoms with Crippen molar-refractivity contribution in [3.63, 3.8) is 0 Å². The molecule has 0 bridgehead atoms. The van der Waals surface area contributed by atoms with Crippen molar-refractivity contribution in [2.75, 3.05) is 0 Å². The molecule has 0 unspecified atom stereocenters. The summed E-state index contributed by atoms with van der Waals surface area (Å²) in [5, 5.41) is 15.0. The quantitative estimate of drug-likeness (QED) is 0.897. The van der Waals surface area contributed by atoms with Gasteiger partial charge >= 0.3 is 0 Å². The van der Waals surface area contributed by atoms with E-state index in [2.05, 4.69) is 32.7 Å². The second kappa shape index (κ2) is 5.43. The lowest BCUT2D eigenvalue weighted by atomic mass is 9.93. The molecular weight excluding hydrogens is 274 g/mol. The van der Waals surface area contributed by atoms with Crippen molar-refractivity contribution in [2.45, 2.75) is 44.4 Å². The van der Waals surface area contributed by atoms with Crippen molar-refractivity contribution in [3.8, 4) is 0 Å². The van der Waals surface area contributed by atoms with Gasteiger partial charge in [-0.2, -0.15) is 0 Å². The van der Waals surface area contributed by atoms with Gasteiger partial charge in [0.05, 0.1) is 6.10 Å². The summed E-state index contributed by atoms with van der Waals surface area (Å²) in [5.41, 5.74) is 0. The van der Waals surface area contributed by atoms with Crippen molar-refractivity contribution in [3.05, 3.63) is 20.8 Å². The average molecular weight is 290 g/mol. The van der Waals surface area contributed by atoms with E-state index in [4.69, 9.17) is 0 Å². The fourth-order valence-corrected chi connectivity index (χ4v) is 3.41. The second-order valence-electron chi connectivity index (χ2n) is 4.08. The van der Waals surface area contributed by atoms with E-state index < -0.39 is 0 Å². The molecule has 0 aromatic carbocycles. The topological polar surface area (TPSA) is 32.3 Å². The zero-order valence-corrected chi connectivity index (χ0v) is 11.0. The number of thiophene rings is 1. The number of halogens is 1. The van der Waals surface area contributed by atoms with Crippen LogP contribution in [0.3, 0.4) is 0 Å². The first-order valence-corrected chi connectivity index (χ1v) is 7.06. The van der Waals surface area contributed by atoms with Gasteiger partial charge in [-0.1, -0.05) is 0 Å². The van der Waals surface area contributed by atoms with Crippen LogP contribution in [0.15, 0.2) is 15.9 Å². The number of aliphatic hydroxyl groups is 1. The highest BCUT2D eigenvalue weighted by molar-refractivity contribution is 9.10. The Balaban J connectivity index is 1.77. The minimum atomic E-state index is -0.0588. The van der Waals surface area contributed by atoms with Crippen molar-refractivity contribution in [1.82, 2.24) is 5.32 Å². The van der Waals surface area contributed by atoms with Crippen LogP contribution in [0.5, 0.6) is 0 Å². The van der Waals surface area contributed by atoms with Gasteiger partial charge in [-0.05, 0) is 53.1 Å². The third-order valence-electron chi connectivity index (χ3n) is 2.94. The molecule has 15 heavy (non-hydrogen) atoms. The molecule has 1 aromatic heterocycles. The first-order chi connectivity index (χ1) is 7.25. The number of aliphatic hydroxyl groups excluding tert-OH is 1. The Morgan fingerprint density at radius 3 is 2.73 bits per heavy atom. The molecule has 2 N–H and O–H groups in total. The highest BCUT2D eigenvalue weighted by Gasteiger charge is 2.18. The summed E-state index contributed by atoms with van der Waals surface area (Å²) in [6.07, 6.45) is 4.04. The van der Waals surface area contributed by atoms with Crippen LogP contribution in [0.25, 0.3) is 0 Å². The van der Waals surface area contributed by atoms with E-state index in [1.807, 2.05) is 0 Å². The molecule has 1 heterocycles. The molecular formula is C11H16BrNOS. The Morgan fingerprint density at radius 1 is 1.40 bits per heavy atom. The molecule has 0 atom stereocenters. The molecule has 0 saturated heterocycles. The molecule has 1 saturated carbocycles. The van der Waals surface area contributed by atoms with Gasteiger partial charge in [0.2, 0.25) is 0 Å². The number of nitrogens with one attached hydrogen (secondary N) is 1. The van der Waals surface area contributed by atoms with Gasteiger partial charge in [-0.15, -0.1) is 11.3 Å². The fraction of sp³-hybridized carbons (Fsp3) is 0.636. The van der Waals surface area contributed by atoms with Crippen LogP contribution in [-0.4, -0.2) is 17.3 Å². The summed E-state index contributed by atoms with van der Waals surface area (Å²) in [6, 6.07) is 2.68. The Bertz CT molecular complexity index is 307.